The van der Waals surface area contributed by atoms with Crippen molar-refractivity contribution in [1.82, 2.24) is 4.98 Å². The molecule has 1 aromatic heterocycles. The molecule has 2 N–H and O–H groups in total. The number of nitrogens with zero attached hydrogens (tertiary/aromatic N) is 1. The van der Waals surface area contributed by atoms with Crippen LogP contribution in [0.1, 0.15) is 17.5 Å². The van der Waals surface area contributed by atoms with Gasteiger partial charge in [0.15, 0.2) is 0 Å². The van der Waals surface area contributed by atoms with E-state index in [0.29, 0.717) is 17.1 Å². The molecule has 0 atom stereocenters. The number of hydrogen-bond donors (Lipinski definition) is 2. The lowest BCUT2D eigenvalue weighted by atomic mass is 10.2. The summed E-state index contributed by atoms with van der Waals surface area (Å²) in [4.78, 5) is 4.28. The zero-order chi connectivity index (χ0) is 11.3. The van der Waals surface area contributed by atoms with Crippen molar-refractivity contribution in [1.29, 1.82) is 0 Å². The van der Waals surface area contributed by atoms with E-state index in [2.05, 4.69) is 10.3 Å². The first-order chi connectivity index (χ1) is 7.26. The van der Waals surface area contributed by atoms with Crippen LogP contribution in [0.15, 0.2) is 12.1 Å². The van der Waals surface area contributed by atoms with Crippen LogP contribution in [0.2, 0.25) is 0 Å². The molecule has 0 unspecified atom stereocenters. The standard InChI is InChI=1S/C10H16N2O3/c1-11-8-5-4-7(6-13)9(12-8)10(14-2)15-3/h4-5,10,13H,6H2,1-3H3,(H,11,12). The van der Waals surface area contributed by atoms with Gasteiger partial charge in [-0.25, -0.2) is 4.98 Å². The van der Waals surface area contributed by atoms with Crippen molar-refractivity contribution in [3.63, 3.8) is 0 Å². The first-order valence-corrected chi connectivity index (χ1v) is 4.60. The predicted octanol–water partition coefficient (Wildman–Crippen LogP) is 0.907. The van der Waals surface area contributed by atoms with Gasteiger partial charge >= 0.3 is 0 Å². The van der Waals surface area contributed by atoms with Crippen LogP contribution in [-0.4, -0.2) is 31.4 Å². The van der Waals surface area contributed by atoms with Crippen LogP contribution in [0.25, 0.3) is 0 Å². The molecular weight excluding hydrogens is 196 g/mol. The molecule has 0 bridgehead atoms. The summed E-state index contributed by atoms with van der Waals surface area (Å²) in [5.41, 5.74) is 1.29. The largest absolute Gasteiger partial charge is 0.392 e. The van der Waals surface area contributed by atoms with Gasteiger partial charge in [-0.1, -0.05) is 6.07 Å². The van der Waals surface area contributed by atoms with Crippen molar-refractivity contribution in [2.45, 2.75) is 12.9 Å². The van der Waals surface area contributed by atoms with Crippen molar-refractivity contribution in [3.8, 4) is 0 Å². The van der Waals surface area contributed by atoms with E-state index >= 15 is 0 Å². The zero-order valence-electron chi connectivity index (χ0n) is 9.15. The monoisotopic (exact) mass is 212 g/mol. The van der Waals surface area contributed by atoms with Gasteiger partial charge in [0.2, 0.25) is 6.29 Å². The molecule has 1 aromatic rings. The second-order valence-corrected chi connectivity index (χ2v) is 2.95. The Morgan fingerprint density at radius 1 is 1.40 bits per heavy atom. The minimum Gasteiger partial charge on any atom is -0.392 e. The number of aliphatic hydroxyl groups excluding tert-OH is 1. The molecule has 0 amide bonds. The Balaban J connectivity index is 3.09. The fourth-order valence-corrected chi connectivity index (χ4v) is 1.30. The molecule has 0 fully saturated rings. The van der Waals surface area contributed by atoms with E-state index in [0.717, 1.165) is 0 Å². The lowest BCUT2D eigenvalue weighted by Gasteiger charge is -2.16. The quantitative estimate of drug-likeness (QED) is 0.710. The Morgan fingerprint density at radius 3 is 2.53 bits per heavy atom. The van der Waals surface area contributed by atoms with Gasteiger partial charge in [0.05, 0.1) is 6.61 Å². The molecule has 1 rings (SSSR count). The molecule has 0 radical (unpaired) electrons. The van der Waals surface area contributed by atoms with Crippen LogP contribution < -0.4 is 5.32 Å². The highest BCUT2D eigenvalue weighted by molar-refractivity contribution is 5.38. The molecule has 84 valence electrons. The highest BCUT2D eigenvalue weighted by atomic mass is 16.7. The number of rotatable bonds is 5. The van der Waals surface area contributed by atoms with Gasteiger partial charge in [0, 0.05) is 26.8 Å². The number of nitrogens with one attached hydrogen (secondary N) is 1. The molecule has 0 saturated heterocycles. The first-order valence-electron chi connectivity index (χ1n) is 4.60. The van der Waals surface area contributed by atoms with E-state index in [4.69, 9.17) is 14.6 Å². The van der Waals surface area contributed by atoms with E-state index in [1.54, 1.807) is 19.2 Å². The first kappa shape index (κ1) is 11.9. The Kier molecular flexibility index (Phi) is 4.48. The number of methoxy groups -OCH3 is 2. The predicted molar refractivity (Wildman–Crippen MR) is 56.5 cm³/mol. The lowest BCUT2D eigenvalue weighted by Crippen LogP contribution is -2.11. The summed E-state index contributed by atoms with van der Waals surface area (Å²) in [5, 5.41) is 12.1. The van der Waals surface area contributed by atoms with Gasteiger partial charge in [-0.3, -0.25) is 0 Å². The highest BCUT2D eigenvalue weighted by Gasteiger charge is 2.15. The molecule has 0 saturated carbocycles. The Morgan fingerprint density at radius 2 is 2.07 bits per heavy atom. The number of pyridine rings is 1. The van der Waals surface area contributed by atoms with E-state index in [-0.39, 0.29) is 6.61 Å². The van der Waals surface area contributed by atoms with Gasteiger partial charge in [-0.2, -0.15) is 0 Å². The second-order valence-electron chi connectivity index (χ2n) is 2.95. The Labute approximate surface area is 89.0 Å². The summed E-state index contributed by atoms with van der Waals surface area (Å²) in [6.45, 7) is -0.0878. The maximum atomic E-state index is 9.15. The van der Waals surface area contributed by atoms with E-state index < -0.39 is 6.29 Å². The number of anilines is 1. The van der Waals surface area contributed by atoms with Crippen molar-refractivity contribution >= 4 is 5.82 Å². The lowest BCUT2D eigenvalue weighted by molar-refractivity contribution is -0.109. The molecule has 15 heavy (non-hydrogen) atoms. The number of hydrogen-bond acceptors (Lipinski definition) is 5. The average molecular weight is 212 g/mol. The maximum absolute atomic E-state index is 9.15. The minimum absolute atomic E-state index is 0.0878. The molecule has 1 heterocycles. The fraction of sp³-hybridized carbons (Fsp3) is 0.500. The van der Waals surface area contributed by atoms with Crippen molar-refractivity contribution in [3.05, 3.63) is 23.4 Å². The third-order valence-corrected chi connectivity index (χ3v) is 2.09. The molecule has 5 heteroatoms. The fourth-order valence-electron chi connectivity index (χ4n) is 1.30. The van der Waals surface area contributed by atoms with E-state index in [9.17, 15) is 0 Å². The molecule has 0 aliphatic heterocycles. The third kappa shape index (κ3) is 2.65. The van der Waals surface area contributed by atoms with Crippen LogP contribution in [0.4, 0.5) is 5.82 Å². The summed E-state index contributed by atoms with van der Waals surface area (Å²) < 4.78 is 10.2. The van der Waals surface area contributed by atoms with Crippen LogP contribution in [0.5, 0.6) is 0 Å². The van der Waals surface area contributed by atoms with Crippen molar-refractivity contribution in [2.24, 2.45) is 0 Å². The normalized spacial score (nSPS) is 10.7. The third-order valence-electron chi connectivity index (χ3n) is 2.09. The summed E-state index contributed by atoms with van der Waals surface area (Å²) in [7, 11) is 4.84. The summed E-state index contributed by atoms with van der Waals surface area (Å²) >= 11 is 0. The Hall–Kier alpha value is -1.17. The highest BCUT2D eigenvalue weighted by Crippen LogP contribution is 2.21. The van der Waals surface area contributed by atoms with Gasteiger partial charge in [0.25, 0.3) is 0 Å². The summed E-state index contributed by atoms with van der Waals surface area (Å²) in [5.74, 6) is 0.710. The number of aromatic nitrogens is 1. The van der Waals surface area contributed by atoms with Crippen LogP contribution >= 0.6 is 0 Å². The van der Waals surface area contributed by atoms with Crippen LogP contribution in [0.3, 0.4) is 0 Å². The molecular formula is C10H16N2O3. The zero-order valence-corrected chi connectivity index (χ0v) is 9.15. The Bertz CT molecular complexity index is 314. The second kappa shape index (κ2) is 5.65. The molecule has 0 aliphatic carbocycles. The van der Waals surface area contributed by atoms with E-state index in [1.807, 2.05) is 0 Å². The maximum Gasteiger partial charge on any atom is 0.200 e. The summed E-state index contributed by atoms with van der Waals surface area (Å²) in [6, 6.07) is 3.58. The number of ether oxygens (including phenoxy) is 2. The van der Waals surface area contributed by atoms with Gasteiger partial charge < -0.3 is 19.9 Å². The topological polar surface area (TPSA) is 63.6 Å². The van der Waals surface area contributed by atoms with Gasteiger partial charge in [-0.15, -0.1) is 0 Å². The van der Waals surface area contributed by atoms with Crippen molar-refractivity contribution < 1.29 is 14.6 Å². The average Bonchev–Trinajstić information content (AvgIpc) is 2.30. The molecule has 5 nitrogen and oxygen atoms in total. The molecule has 0 aliphatic rings. The minimum atomic E-state index is -0.555. The molecule has 0 aromatic carbocycles. The molecule has 0 spiro atoms. The van der Waals surface area contributed by atoms with Gasteiger partial charge in [-0.05, 0) is 6.07 Å². The summed E-state index contributed by atoms with van der Waals surface area (Å²) in [6.07, 6.45) is -0.555. The van der Waals surface area contributed by atoms with Gasteiger partial charge in [0.1, 0.15) is 11.5 Å². The van der Waals surface area contributed by atoms with Crippen LogP contribution in [-0.2, 0) is 16.1 Å². The van der Waals surface area contributed by atoms with Crippen LogP contribution in [0, 0.1) is 0 Å². The van der Waals surface area contributed by atoms with Crippen molar-refractivity contribution in [2.75, 3.05) is 26.6 Å². The number of aliphatic hydroxyl groups is 1. The van der Waals surface area contributed by atoms with E-state index in [1.165, 1.54) is 14.2 Å². The SMILES string of the molecule is CNc1ccc(CO)c(C(OC)OC)n1. The smallest absolute Gasteiger partial charge is 0.200 e.